The van der Waals surface area contributed by atoms with Gasteiger partial charge in [0.05, 0.1) is 5.69 Å². The number of rotatable bonds is 6. The number of hydrogen-bond donors (Lipinski definition) is 1. The first kappa shape index (κ1) is 12.8. The van der Waals surface area contributed by atoms with E-state index in [1.54, 1.807) is 0 Å². The van der Waals surface area contributed by atoms with Crippen LogP contribution < -0.4 is 10.2 Å². The molecule has 1 aliphatic carbocycles. The summed E-state index contributed by atoms with van der Waals surface area (Å²) >= 11 is 1.86. The van der Waals surface area contributed by atoms with Gasteiger partial charge < -0.3 is 10.2 Å². The molecule has 0 aromatic carbocycles. The largest absolute Gasteiger partial charge is 0.345 e. The molecule has 17 heavy (non-hydrogen) atoms. The highest BCUT2D eigenvalue weighted by atomic mass is 32.1. The topological polar surface area (TPSA) is 28.2 Å². The number of nitrogens with zero attached hydrogens (tertiary/aromatic N) is 2. The minimum atomic E-state index is 0.421. The number of aryl methyl sites for hydroxylation is 1. The van der Waals surface area contributed by atoms with Gasteiger partial charge in [-0.05, 0) is 40.2 Å². The molecule has 0 bridgehead atoms. The summed E-state index contributed by atoms with van der Waals surface area (Å²) in [5, 5.41) is 4.68. The Morgan fingerprint density at radius 1 is 1.47 bits per heavy atom. The highest BCUT2D eigenvalue weighted by molar-refractivity contribution is 7.15. The van der Waals surface area contributed by atoms with Crippen LogP contribution in [0.5, 0.6) is 0 Å². The molecule has 0 spiro atoms. The Labute approximate surface area is 108 Å². The Bertz CT molecular complexity index is 371. The lowest BCUT2D eigenvalue weighted by Gasteiger charge is -2.18. The smallest absolute Gasteiger partial charge is 0.186 e. The summed E-state index contributed by atoms with van der Waals surface area (Å²) in [5.74, 6) is 0. The fourth-order valence-electron chi connectivity index (χ4n) is 2.25. The number of aromatic nitrogens is 1. The lowest BCUT2D eigenvalue weighted by molar-refractivity contribution is 0.603. The summed E-state index contributed by atoms with van der Waals surface area (Å²) in [6.07, 6.45) is 2.68. The van der Waals surface area contributed by atoms with Gasteiger partial charge in [-0.1, -0.05) is 6.92 Å². The Morgan fingerprint density at radius 3 is 2.71 bits per heavy atom. The molecule has 1 saturated carbocycles. The summed E-state index contributed by atoms with van der Waals surface area (Å²) in [5.41, 5.74) is 1.19. The molecule has 0 radical (unpaired) electrons. The van der Waals surface area contributed by atoms with E-state index in [2.05, 4.69) is 37.9 Å². The average molecular weight is 253 g/mol. The Balaban J connectivity index is 2.16. The van der Waals surface area contributed by atoms with Crippen LogP contribution in [0.2, 0.25) is 0 Å². The van der Waals surface area contributed by atoms with Crippen molar-refractivity contribution in [1.29, 1.82) is 0 Å². The highest BCUT2D eigenvalue weighted by Gasteiger charge is 2.30. The molecule has 3 nitrogen and oxygen atoms in total. The molecule has 1 aromatic heterocycles. The minimum absolute atomic E-state index is 0.421. The maximum absolute atomic E-state index is 4.75. The second-order valence-corrected chi connectivity index (χ2v) is 5.75. The lowest BCUT2D eigenvalue weighted by Crippen LogP contribution is -2.24. The van der Waals surface area contributed by atoms with E-state index in [4.69, 9.17) is 4.98 Å². The van der Waals surface area contributed by atoms with Gasteiger partial charge in [-0.3, -0.25) is 0 Å². The predicted molar refractivity (Wildman–Crippen MR) is 75.0 cm³/mol. The van der Waals surface area contributed by atoms with Gasteiger partial charge in [-0.2, -0.15) is 0 Å². The molecular formula is C13H23N3S. The van der Waals surface area contributed by atoms with Crippen LogP contribution in [0.3, 0.4) is 0 Å². The summed E-state index contributed by atoms with van der Waals surface area (Å²) in [4.78, 5) is 8.60. The zero-order valence-corrected chi connectivity index (χ0v) is 12.1. The van der Waals surface area contributed by atoms with Crippen molar-refractivity contribution in [3.05, 3.63) is 10.6 Å². The minimum Gasteiger partial charge on any atom is -0.345 e. The second kappa shape index (κ2) is 5.36. The maximum atomic E-state index is 4.75. The van der Waals surface area contributed by atoms with Crippen LogP contribution >= 0.6 is 11.3 Å². The third-order valence-corrected chi connectivity index (χ3v) is 4.68. The molecule has 4 heteroatoms. The Morgan fingerprint density at radius 2 is 2.18 bits per heavy atom. The second-order valence-electron chi connectivity index (χ2n) is 4.74. The van der Waals surface area contributed by atoms with Gasteiger partial charge in [0, 0.05) is 23.5 Å². The molecule has 0 aliphatic heterocycles. The first-order chi connectivity index (χ1) is 8.17. The molecule has 96 valence electrons. The van der Waals surface area contributed by atoms with Gasteiger partial charge in [0.2, 0.25) is 0 Å². The molecule has 1 fully saturated rings. The van der Waals surface area contributed by atoms with Gasteiger partial charge in [0.1, 0.15) is 0 Å². The lowest BCUT2D eigenvalue weighted by atomic mass is 10.2. The standard InChI is InChI=1S/C13H23N3S/c1-5-14-9(3)12-10(4)15-13(17-12)16(6-2)11-7-8-11/h9,11,14H,5-8H2,1-4H3. The van der Waals surface area contributed by atoms with E-state index in [1.165, 1.54) is 28.5 Å². The van der Waals surface area contributed by atoms with E-state index in [-0.39, 0.29) is 0 Å². The molecular weight excluding hydrogens is 230 g/mol. The van der Waals surface area contributed by atoms with Gasteiger partial charge in [0.25, 0.3) is 0 Å². The van der Waals surface area contributed by atoms with E-state index in [0.29, 0.717) is 6.04 Å². The van der Waals surface area contributed by atoms with Crippen molar-refractivity contribution >= 4 is 16.5 Å². The van der Waals surface area contributed by atoms with Gasteiger partial charge in [-0.25, -0.2) is 4.98 Å². The van der Waals surface area contributed by atoms with Crippen LogP contribution in [-0.2, 0) is 0 Å². The fourth-order valence-corrected chi connectivity index (χ4v) is 3.48. The van der Waals surface area contributed by atoms with E-state index < -0.39 is 0 Å². The van der Waals surface area contributed by atoms with E-state index in [1.807, 2.05) is 11.3 Å². The quantitative estimate of drug-likeness (QED) is 0.844. The van der Waals surface area contributed by atoms with E-state index >= 15 is 0 Å². The highest BCUT2D eigenvalue weighted by Crippen LogP contribution is 2.36. The predicted octanol–water partition coefficient (Wildman–Crippen LogP) is 3.11. The van der Waals surface area contributed by atoms with Gasteiger partial charge >= 0.3 is 0 Å². The molecule has 1 atom stereocenters. The molecule has 0 amide bonds. The molecule has 1 aliphatic rings. The zero-order valence-electron chi connectivity index (χ0n) is 11.3. The molecule has 2 rings (SSSR count). The van der Waals surface area contributed by atoms with Crippen LogP contribution in [0.4, 0.5) is 5.13 Å². The van der Waals surface area contributed by atoms with Crippen LogP contribution in [0, 0.1) is 6.92 Å². The summed E-state index contributed by atoms with van der Waals surface area (Å²) in [6, 6.07) is 1.18. The summed E-state index contributed by atoms with van der Waals surface area (Å²) in [7, 11) is 0. The van der Waals surface area contributed by atoms with Crippen molar-refractivity contribution in [3.8, 4) is 0 Å². The van der Waals surface area contributed by atoms with Crippen LogP contribution in [0.1, 0.15) is 50.2 Å². The number of nitrogens with one attached hydrogen (secondary N) is 1. The molecule has 1 unspecified atom stereocenters. The third-order valence-electron chi connectivity index (χ3n) is 3.30. The first-order valence-corrected chi connectivity index (χ1v) is 7.46. The van der Waals surface area contributed by atoms with E-state index in [9.17, 15) is 0 Å². The van der Waals surface area contributed by atoms with Crippen molar-refractivity contribution in [2.45, 2.75) is 52.6 Å². The summed E-state index contributed by atoms with van der Waals surface area (Å²) in [6.45, 7) is 10.8. The van der Waals surface area contributed by atoms with Crippen molar-refractivity contribution in [3.63, 3.8) is 0 Å². The molecule has 1 aromatic rings. The number of anilines is 1. The van der Waals surface area contributed by atoms with Crippen molar-refractivity contribution in [1.82, 2.24) is 10.3 Å². The molecule has 1 N–H and O–H groups in total. The zero-order chi connectivity index (χ0) is 12.4. The van der Waals surface area contributed by atoms with Crippen molar-refractivity contribution in [2.75, 3.05) is 18.0 Å². The average Bonchev–Trinajstić information content (AvgIpc) is 3.04. The van der Waals surface area contributed by atoms with Crippen LogP contribution in [0.25, 0.3) is 0 Å². The Kier molecular flexibility index (Phi) is 4.05. The third kappa shape index (κ3) is 2.80. The SMILES string of the molecule is CCNC(C)c1sc(N(CC)C2CC2)nc1C. The van der Waals surface area contributed by atoms with Crippen LogP contribution in [0.15, 0.2) is 0 Å². The van der Waals surface area contributed by atoms with Crippen molar-refractivity contribution in [2.24, 2.45) is 0 Å². The molecule has 1 heterocycles. The van der Waals surface area contributed by atoms with Crippen molar-refractivity contribution < 1.29 is 0 Å². The normalized spacial score (nSPS) is 17.2. The maximum Gasteiger partial charge on any atom is 0.186 e. The van der Waals surface area contributed by atoms with E-state index in [0.717, 1.165) is 19.1 Å². The fraction of sp³-hybridized carbons (Fsp3) is 0.769. The first-order valence-electron chi connectivity index (χ1n) is 6.64. The summed E-state index contributed by atoms with van der Waals surface area (Å²) < 4.78 is 0. The monoisotopic (exact) mass is 253 g/mol. The number of hydrogen-bond acceptors (Lipinski definition) is 4. The Hall–Kier alpha value is -0.610. The number of thiazole rings is 1. The van der Waals surface area contributed by atoms with Gasteiger partial charge in [-0.15, -0.1) is 11.3 Å². The molecule has 0 saturated heterocycles. The van der Waals surface area contributed by atoms with Gasteiger partial charge in [0.15, 0.2) is 5.13 Å². The van der Waals surface area contributed by atoms with Crippen LogP contribution in [-0.4, -0.2) is 24.1 Å².